The molecule has 0 aliphatic heterocycles. The van der Waals surface area contributed by atoms with Crippen LogP contribution in [-0.2, 0) is 0 Å². The van der Waals surface area contributed by atoms with Gasteiger partial charge in [-0.3, -0.25) is 0 Å². The molecule has 0 saturated carbocycles. The summed E-state index contributed by atoms with van der Waals surface area (Å²) in [5, 5.41) is 2.99. The first-order chi connectivity index (χ1) is 9.93. The number of hydrogen-bond donors (Lipinski definition) is 3. The lowest BCUT2D eigenvalue weighted by Gasteiger charge is -2.15. The number of benzene rings is 1. The summed E-state index contributed by atoms with van der Waals surface area (Å²) >= 11 is 5.78. The van der Waals surface area contributed by atoms with Crippen molar-refractivity contribution in [3.05, 3.63) is 40.4 Å². The lowest BCUT2D eigenvalue weighted by molar-refractivity contribution is 0.632. The average molecular weight is 310 g/mol. The van der Waals surface area contributed by atoms with Crippen molar-refractivity contribution in [2.75, 3.05) is 10.7 Å². The summed E-state index contributed by atoms with van der Waals surface area (Å²) in [7, 11) is 0. The van der Waals surface area contributed by atoms with Crippen molar-refractivity contribution in [3.8, 4) is 0 Å². The second kappa shape index (κ2) is 6.24. The summed E-state index contributed by atoms with van der Waals surface area (Å²) in [6, 6.07) is 4.74. The van der Waals surface area contributed by atoms with E-state index in [-0.39, 0.29) is 16.6 Å². The molecule has 1 aromatic carbocycles. The fourth-order valence-electron chi connectivity index (χ4n) is 1.78. The van der Waals surface area contributed by atoms with Gasteiger partial charge in [0.15, 0.2) is 5.82 Å². The molecule has 2 rings (SSSR count). The molecule has 4 N–H and O–H groups in total. The third kappa shape index (κ3) is 3.22. The van der Waals surface area contributed by atoms with Crippen molar-refractivity contribution in [2.45, 2.75) is 26.7 Å². The molecule has 1 aromatic heterocycles. The second-order valence-electron chi connectivity index (χ2n) is 4.93. The van der Waals surface area contributed by atoms with Crippen LogP contribution in [0, 0.1) is 12.7 Å². The van der Waals surface area contributed by atoms with Gasteiger partial charge in [-0.05, 0) is 19.1 Å². The largest absolute Gasteiger partial charge is 0.337 e. The van der Waals surface area contributed by atoms with E-state index in [1.165, 1.54) is 6.07 Å². The van der Waals surface area contributed by atoms with E-state index in [1.54, 1.807) is 19.1 Å². The van der Waals surface area contributed by atoms with Gasteiger partial charge in [0.1, 0.15) is 17.5 Å². The zero-order valence-corrected chi connectivity index (χ0v) is 12.8. The van der Waals surface area contributed by atoms with Crippen molar-refractivity contribution in [3.63, 3.8) is 0 Å². The molecule has 21 heavy (non-hydrogen) atoms. The molecule has 0 aliphatic carbocycles. The van der Waals surface area contributed by atoms with E-state index >= 15 is 0 Å². The maximum absolute atomic E-state index is 14.0. The smallest absolute Gasteiger partial charge is 0.165 e. The van der Waals surface area contributed by atoms with Gasteiger partial charge in [0.2, 0.25) is 0 Å². The standard InChI is InChI=1S/C14H17ClFN5/c1-7(2)12-19-13(8(3)14(20-12)21-17)18-10-6-4-5-9(15)11(10)16/h4-7H,17H2,1-3H3,(H2,18,19,20,21). The molecule has 0 saturated heterocycles. The van der Waals surface area contributed by atoms with E-state index in [4.69, 9.17) is 17.4 Å². The first-order valence-electron chi connectivity index (χ1n) is 6.50. The zero-order valence-electron chi connectivity index (χ0n) is 12.0. The normalized spacial score (nSPS) is 10.8. The van der Waals surface area contributed by atoms with Crippen LogP contribution < -0.4 is 16.6 Å². The summed E-state index contributed by atoms with van der Waals surface area (Å²) in [5.74, 6) is 6.66. The van der Waals surface area contributed by atoms with Crippen LogP contribution in [0.15, 0.2) is 18.2 Å². The molecule has 112 valence electrons. The number of rotatable bonds is 4. The number of nitrogens with one attached hydrogen (secondary N) is 2. The summed E-state index contributed by atoms with van der Waals surface area (Å²) in [6.45, 7) is 5.73. The summed E-state index contributed by atoms with van der Waals surface area (Å²) in [4.78, 5) is 8.74. The highest BCUT2D eigenvalue weighted by atomic mass is 35.5. The first kappa shape index (κ1) is 15.5. The number of anilines is 3. The van der Waals surface area contributed by atoms with Crippen molar-refractivity contribution in [1.29, 1.82) is 0 Å². The number of nitrogen functional groups attached to an aromatic ring is 1. The maximum atomic E-state index is 14.0. The number of hydrogen-bond acceptors (Lipinski definition) is 5. The third-order valence-electron chi connectivity index (χ3n) is 3.02. The number of nitrogens with two attached hydrogens (primary N) is 1. The van der Waals surface area contributed by atoms with Crippen LogP contribution >= 0.6 is 11.6 Å². The molecule has 0 aliphatic rings. The van der Waals surface area contributed by atoms with Crippen LogP contribution in [0.5, 0.6) is 0 Å². The van der Waals surface area contributed by atoms with Gasteiger partial charge in [0.05, 0.1) is 10.7 Å². The van der Waals surface area contributed by atoms with Gasteiger partial charge < -0.3 is 10.7 Å². The molecule has 0 radical (unpaired) electrons. The molecule has 0 unspecified atom stereocenters. The Morgan fingerprint density at radius 3 is 2.52 bits per heavy atom. The van der Waals surface area contributed by atoms with Crippen LogP contribution in [0.3, 0.4) is 0 Å². The topological polar surface area (TPSA) is 75.9 Å². The first-order valence-corrected chi connectivity index (χ1v) is 6.88. The number of halogens is 2. The fraction of sp³-hybridized carbons (Fsp3) is 0.286. The highest BCUT2D eigenvalue weighted by Crippen LogP contribution is 2.28. The number of aromatic nitrogens is 2. The molecule has 5 nitrogen and oxygen atoms in total. The Balaban J connectivity index is 2.48. The van der Waals surface area contributed by atoms with Crippen LogP contribution in [0.25, 0.3) is 0 Å². The number of nitrogens with zero attached hydrogens (tertiary/aromatic N) is 2. The van der Waals surface area contributed by atoms with Gasteiger partial charge >= 0.3 is 0 Å². The monoisotopic (exact) mass is 309 g/mol. The summed E-state index contributed by atoms with van der Waals surface area (Å²) in [6.07, 6.45) is 0. The van der Waals surface area contributed by atoms with Gasteiger partial charge in [0, 0.05) is 11.5 Å². The van der Waals surface area contributed by atoms with E-state index in [2.05, 4.69) is 20.7 Å². The highest BCUT2D eigenvalue weighted by Gasteiger charge is 2.14. The minimum absolute atomic E-state index is 0.0490. The van der Waals surface area contributed by atoms with Gasteiger partial charge in [-0.25, -0.2) is 20.2 Å². The third-order valence-corrected chi connectivity index (χ3v) is 3.31. The molecular formula is C14H17ClFN5. The Labute approximate surface area is 127 Å². The Hall–Kier alpha value is -1.92. The zero-order chi connectivity index (χ0) is 15.6. The summed E-state index contributed by atoms with van der Waals surface area (Å²) in [5.41, 5.74) is 3.48. The molecule has 2 aromatic rings. The minimum Gasteiger partial charge on any atom is -0.337 e. The van der Waals surface area contributed by atoms with E-state index in [9.17, 15) is 4.39 Å². The Kier molecular flexibility index (Phi) is 4.59. The molecule has 0 amide bonds. The molecule has 7 heteroatoms. The number of hydrazine groups is 1. The predicted octanol–water partition coefficient (Wildman–Crippen LogP) is 3.73. The molecule has 1 heterocycles. The van der Waals surface area contributed by atoms with E-state index in [1.807, 2.05) is 13.8 Å². The Morgan fingerprint density at radius 1 is 1.24 bits per heavy atom. The lowest BCUT2D eigenvalue weighted by Crippen LogP contribution is -2.14. The van der Waals surface area contributed by atoms with Crippen molar-refractivity contribution >= 4 is 28.9 Å². The Bertz CT molecular complexity index is 660. The molecular weight excluding hydrogens is 293 g/mol. The Morgan fingerprint density at radius 2 is 1.90 bits per heavy atom. The lowest BCUT2D eigenvalue weighted by atomic mass is 10.2. The molecule has 0 spiro atoms. The van der Waals surface area contributed by atoms with Gasteiger partial charge in [-0.1, -0.05) is 31.5 Å². The van der Waals surface area contributed by atoms with Crippen molar-refractivity contribution in [2.24, 2.45) is 5.84 Å². The maximum Gasteiger partial charge on any atom is 0.165 e. The predicted molar refractivity (Wildman–Crippen MR) is 83.4 cm³/mol. The van der Waals surface area contributed by atoms with Crippen LogP contribution in [0.2, 0.25) is 5.02 Å². The minimum atomic E-state index is -0.523. The van der Waals surface area contributed by atoms with E-state index in [0.29, 0.717) is 23.0 Å². The fourth-order valence-corrected chi connectivity index (χ4v) is 1.96. The van der Waals surface area contributed by atoms with Gasteiger partial charge in [-0.15, -0.1) is 0 Å². The molecule has 0 bridgehead atoms. The van der Waals surface area contributed by atoms with Crippen LogP contribution in [-0.4, -0.2) is 9.97 Å². The van der Waals surface area contributed by atoms with Crippen molar-refractivity contribution in [1.82, 2.24) is 9.97 Å². The van der Waals surface area contributed by atoms with Crippen LogP contribution in [0.4, 0.5) is 21.7 Å². The summed E-state index contributed by atoms with van der Waals surface area (Å²) < 4.78 is 14.0. The SMILES string of the molecule is Cc1c(NN)nc(C(C)C)nc1Nc1cccc(Cl)c1F. The average Bonchev–Trinajstić information content (AvgIpc) is 2.45. The second-order valence-corrected chi connectivity index (χ2v) is 5.34. The highest BCUT2D eigenvalue weighted by molar-refractivity contribution is 6.31. The van der Waals surface area contributed by atoms with E-state index < -0.39 is 5.82 Å². The quantitative estimate of drug-likeness (QED) is 0.592. The van der Waals surface area contributed by atoms with Crippen molar-refractivity contribution < 1.29 is 4.39 Å². The van der Waals surface area contributed by atoms with Crippen LogP contribution in [0.1, 0.15) is 31.2 Å². The van der Waals surface area contributed by atoms with E-state index in [0.717, 1.165) is 0 Å². The molecule has 0 fully saturated rings. The molecule has 0 atom stereocenters. The van der Waals surface area contributed by atoms with Gasteiger partial charge in [0.25, 0.3) is 0 Å². The van der Waals surface area contributed by atoms with Gasteiger partial charge in [-0.2, -0.15) is 0 Å².